The summed E-state index contributed by atoms with van der Waals surface area (Å²) in [5, 5.41) is 11.5. The first-order chi connectivity index (χ1) is 14.2. The fraction of sp³-hybridized carbons (Fsp3) is 0.318. The van der Waals surface area contributed by atoms with Crippen LogP contribution in [0.2, 0.25) is 0 Å². The third-order valence-corrected chi connectivity index (χ3v) is 4.77. The van der Waals surface area contributed by atoms with E-state index in [4.69, 9.17) is 9.47 Å². The number of hydrogen-bond donors (Lipinski definition) is 1. The number of carbonyl (C=O) groups excluding carboxylic acids is 1. The Kier molecular flexibility index (Phi) is 5.74. The highest BCUT2D eigenvalue weighted by molar-refractivity contribution is 5.91. The Morgan fingerprint density at radius 2 is 1.93 bits per heavy atom. The van der Waals surface area contributed by atoms with Crippen LogP contribution in [-0.4, -0.2) is 33.9 Å². The highest BCUT2D eigenvalue weighted by Gasteiger charge is 2.17. The van der Waals surface area contributed by atoms with E-state index in [9.17, 15) is 4.79 Å². The van der Waals surface area contributed by atoms with Crippen LogP contribution >= 0.6 is 0 Å². The zero-order chi connectivity index (χ0) is 20.1. The molecule has 1 amide bonds. The third-order valence-electron chi connectivity index (χ3n) is 4.77. The van der Waals surface area contributed by atoms with E-state index >= 15 is 0 Å². The van der Waals surface area contributed by atoms with Gasteiger partial charge in [-0.05, 0) is 56.2 Å². The van der Waals surface area contributed by atoms with Crippen LogP contribution in [0.3, 0.4) is 0 Å². The van der Waals surface area contributed by atoms with Gasteiger partial charge in [0.15, 0.2) is 12.4 Å². The Hall–Kier alpha value is -3.35. The molecule has 0 atom stereocenters. The van der Waals surface area contributed by atoms with Gasteiger partial charge in [0.1, 0.15) is 17.3 Å². The van der Waals surface area contributed by atoms with E-state index in [2.05, 4.69) is 20.1 Å². The van der Waals surface area contributed by atoms with Gasteiger partial charge < -0.3 is 19.4 Å². The number of fused-ring (bicyclic) bond motifs is 1. The van der Waals surface area contributed by atoms with Crippen LogP contribution in [0, 0.1) is 0 Å². The molecule has 2 aromatic carbocycles. The predicted octanol–water partition coefficient (Wildman–Crippen LogP) is 3.70. The molecule has 0 saturated carbocycles. The fourth-order valence-corrected chi connectivity index (χ4v) is 3.39. The summed E-state index contributed by atoms with van der Waals surface area (Å²) in [7, 11) is 0. The van der Waals surface area contributed by atoms with Gasteiger partial charge in [-0.3, -0.25) is 4.79 Å². The second kappa shape index (κ2) is 8.77. The zero-order valence-corrected chi connectivity index (χ0v) is 16.4. The maximum atomic E-state index is 12.2. The second-order valence-corrected chi connectivity index (χ2v) is 6.87. The molecule has 0 bridgehead atoms. The third kappa shape index (κ3) is 4.56. The molecule has 0 aliphatic carbocycles. The van der Waals surface area contributed by atoms with E-state index in [1.54, 1.807) is 12.1 Å². The number of amides is 1. The van der Waals surface area contributed by atoms with Crippen molar-refractivity contribution in [3.63, 3.8) is 0 Å². The van der Waals surface area contributed by atoms with Crippen molar-refractivity contribution in [2.45, 2.75) is 32.7 Å². The molecule has 0 saturated heterocycles. The molecule has 1 aliphatic rings. The Morgan fingerprint density at radius 3 is 2.76 bits per heavy atom. The van der Waals surface area contributed by atoms with E-state index in [1.807, 2.05) is 43.3 Å². The van der Waals surface area contributed by atoms with Gasteiger partial charge in [-0.25, -0.2) is 0 Å². The standard InChI is InChI=1S/C22H24N4O3/c1-2-28-18-11-9-17(10-12-18)23-21(27)15-29-19-7-5-6-16(14-19)22-25-24-20-8-3-4-13-26(20)22/h5-7,9-12,14H,2-4,8,13,15H2,1H3,(H,23,27). The lowest BCUT2D eigenvalue weighted by molar-refractivity contribution is -0.118. The first-order valence-corrected chi connectivity index (χ1v) is 9.91. The molecule has 7 heteroatoms. The minimum Gasteiger partial charge on any atom is -0.494 e. The number of anilines is 1. The largest absolute Gasteiger partial charge is 0.494 e. The van der Waals surface area contributed by atoms with E-state index in [1.165, 1.54) is 0 Å². The van der Waals surface area contributed by atoms with Crippen LogP contribution < -0.4 is 14.8 Å². The summed E-state index contributed by atoms with van der Waals surface area (Å²) in [6, 6.07) is 14.9. The summed E-state index contributed by atoms with van der Waals surface area (Å²) < 4.78 is 13.3. The molecule has 2 heterocycles. The smallest absolute Gasteiger partial charge is 0.262 e. The van der Waals surface area contributed by atoms with Gasteiger partial charge in [-0.15, -0.1) is 10.2 Å². The van der Waals surface area contributed by atoms with Gasteiger partial charge in [0.2, 0.25) is 0 Å². The predicted molar refractivity (Wildman–Crippen MR) is 110 cm³/mol. The van der Waals surface area contributed by atoms with E-state index in [-0.39, 0.29) is 12.5 Å². The zero-order valence-electron chi connectivity index (χ0n) is 16.4. The number of hydrogen-bond acceptors (Lipinski definition) is 5. The lowest BCUT2D eigenvalue weighted by atomic mass is 10.1. The number of aryl methyl sites for hydroxylation is 1. The molecule has 1 aliphatic heterocycles. The lowest BCUT2D eigenvalue weighted by Gasteiger charge is -2.15. The van der Waals surface area contributed by atoms with Crippen molar-refractivity contribution in [2.75, 3.05) is 18.5 Å². The number of nitrogens with zero attached hydrogens (tertiary/aromatic N) is 3. The number of rotatable bonds is 7. The topological polar surface area (TPSA) is 78.3 Å². The number of carbonyl (C=O) groups is 1. The summed E-state index contributed by atoms with van der Waals surface area (Å²) in [6.07, 6.45) is 3.26. The molecule has 1 N–H and O–H groups in total. The van der Waals surface area contributed by atoms with Crippen molar-refractivity contribution in [2.24, 2.45) is 0 Å². The van der Waals surface area contributed by atoms with Gasteiger partial charge in [-0.2, -0.15) is 0 Å². The van der Waals surface area contributed by atoms with Crippen LogP contribution in [0.15, 0.2) is 48.5 Å². The van der Waals surface area contributed by atoms with E-state index < -0.39 is 0 Å². The average molecular weight is 392 g/mol. The normalized spacial score (nSPS) is 12.9. The van der Waals surface area contributed by atoms with Crippen molar-refractivity contribution in [3.05, 3.63) is 54.4 Å². The molecule has 150 valence electrons. The summed E-state index contributed by atoms with van der Waals surface area (Å²) in [6.45, 7) is 3.40. The van der Waals surface area contributed by atoms with Crippen LogP contribution in [-0.2, 0) is 17.8 Å². The lowest BCUT2D eigenvalue weighted by Crippen LogP contribution is -2.20. The van der Waals surface area contributed by atoms with Crippen molar-refractivity contribution in [1.29, 1.82) is 0 Å². The van der Waals surface area contributed by atoms with Crippen LogP contribution in [0.25, 0.3) is 11.4 Å². The minimum atomic E-state index is -0.223. The maximum absolute atomic E-state index is 12.2. The SMILES string of the molecule is CCOc1ccc(NC(=O)COc2cccc(-c3nnc4n3CCCC4)c2)cc1. The van der Waals surface area contributed by atoms with Gasteiger partial charge in [-0.1, -0.05) is 12.1 Å². The van der Waals surface area contributed by atoms with Crippen LogP contribution in [0.1, 0.15) is 25.6 Å². The molecule has 3 aromatic rings. The Bertz CT molecular complexity index is 982. The first-order valence-electron chi connectivity index (χ1n) is 9.91. The number of aromatic nitrogens is 3. The molecular weight excluding hydrogens is 368 g/mol. The van der Waals surface area contributed by atoms with Gasteiger partial charge in [0, 0.05) is 24.2 Å². The molecule has 7 nitrogen and oxygen atoms in total. The van der Waals surface area contributed by atoms with Gasteiger partial charge >= 0.3 is 0 Å². The number of nitrogens with one attached hydrogen (secondary N) is 1. The summed E-state index contributed by atoms with van der Waals surface area (Å²) in [5.74, 6) is 3.06. The highest BCUT2D eigenvalue weighted by Crippen LogP contribution is 2.26. The highest BCUT2D eigenvalue weighted by atomic mass is 16.5. The summed E-state index contributed by atoms with van der Waals surface area (Å²) in [4.78, 5) is 12.2. The monoisotopic (exact) mass is 392 g/mol. The van der Waals surface area contributed by atoms with Crippen molar-refractivity contribution in [1.82, 2.24) is 14.8 Å². The average Bonchev–Trinajstić information content (AvgIpc) is 3.18. The maximum Gasteiger partial charge on any atom is 0.262 e. The second-order valence-electron chi connectivity index (χ2n) is 6.87. The first kappa shape index (κ1) is 19.0. The molecular formula is C22H24N4O3. The molecule has 0 spiro atoms. The van der Waals surface area contributed by atoms with E-state index in [0.29, 0.717) is 18.0 Å². The fourth-order valence-electron chi connectivity index (χ4n) is 3.39. The quantitative estimate of drug-likeness (QED) is 0.663. The van der Waals surface area contributed by atoms with Gasteiger partial charge in [0.05, 0.1) is 6.61 Å². The molecule has 4 rings (SSSR count). The van der Waals surface area contributed by atoms with Crippen molar-refractivity contribution in [3.8, 4) is 22.9 Å². The minimum absolute atomic E-state index is 0.0748. The summed E-state index contributed by atoms with van der Waals surface area (Å²) in [5.41, 5.74) is 1.64. The van der Waals surface area contributed by atoms with Crippen molar-refractivity contribution >= 4 is 11.6 Å². The Labute approximate surface area is 169 Å². The number of ether oxygens (including phenoxy) is 2. The van der Waals surface area contributed by atoms with Crippen molar-refractivity contribution < 1.29 is 14.3 Å². The molecule has 0 radical (unpaired) electrons. The Balaban J connectivity index is 1.37. The van der Waals surface area contributed by atoms with E-state index in [0.717, 1.165) is 48.8 Å². The molecule has 1 aromatic heterocycles. The Morgan fingerprint density at radius 1 is 1.07 bits per heavy atom. The van der Waals surface area contributed by atoms with Crippen LogP contribution in [0.4, 0.5) is 5.69 Å². The summed E-state index contributed by atoms with van der Waals surface area (Å²) >= 11 is 0. The molecule has 0 unspecified atom stereocenters. The molecule has 29 heavy (non-hydrogen) atoms. The van der Waals surface area contributed by atoms with Crippen LogP contribution in [0.5, 0.6) is 11.5 Å². The number of benzene rings is 2. The molecule has 0 fully saturated rings. The van der Waals surface area contributed by atoms with Gasteiger partial charge in [0.25, 0.3) is 5.91 Å².